The van der Waals surface area contributed by atoms with Crippen molar-refractivity contribution in [3.05, 3.63) is 53.6 Å². The van der Waals surface area contributed by atoms with Crippen LogP contribution in [0.3, 0.4) is 0 Å². The van der Waals surface area contributed by atoms with Gasteiger partial charge in [-0.2, -0.15) is 0 Å². The van der Waals surface area contributed by atoms with Gasteiger partial charge in [-0.1, -0.05) is 12.1 Å². The number of thioether (sulfide) groups is 1. The summed E-state index contributed by atoms with van der Waals surface area (Å²) in [6, 6.07) is 12.0. The normalized spacial score (nSPS) is 16.1. The van der Waals surface area contributed by atoms with Crippen molar-refractivity contribution in [1.29, 1.82) is 0 Å². The van der Waals surface area contributed by atoms with E-state index in [0.29, 0.717) is 22.5 Å². The molecule has 0 spiro atoms. The molecule has 0 saturated heterocycles. The molecule has 1 aliphatic rings. The van der Waals surface area contributed by atoms with Gasteiger partial charge in [0.15, 0.2) is 5.78 Å². The summed E-state index contributed by atoms with van der Waals surface area (Å²) in [5, 5.41) is 5.43. The van der Waals surface area contributed by atoms with E-state index in [-0.39, 0.29) is 22.8 Å². The molecule has 0 radical (unpaired) electrons. The van der Waals surface area contributed by atoms with Crippen molar-refractivity contribution in [2.24, 2.45) is 0 Å². The molecule has 122 valence electrons. The summed E-state index contributed by atoms with van der Waals surface area (Å²) >= 11 is 1.47. The van der Waals surface area contributed by atoms with Crippen molar-refractivity contribution in [3.8, 4) is 0 Å². The average molecular weight is 340 g/mol. The summed E-state index contributed by atoms with van der Waals surface area (Å²) in [4.78, 5) is 36.5. The van der Waals surface area contributed by atoms with Crippen LogP contribution in [0.15, 0.2) is 47.4 Å². The molecule has 0 unspecified atom stereocenters. The first-order valence-corrected chi connectivity index (χ1v) is 8.36. The van der Waals surface area contributed by atoms with Crippen molar-refractivity contribution in [1.82, 2.24) is 0 Å². The van der Waals surface area contributed by atoms with Crippen LogP contribution in [0.4, 0.5) is 11.4 Å². The number of carbonyl (C=O) groups excluding carboxylic acids is 3. The van der Waals surface area contributed by atoms with Gasteiger partial charge in [0.1, 0.15) is 0 Å². The first-order valence-electron chi connectivity index (χ1n) is 7.48. The minimum absolute atomic E-state index is 0.0614. The Hall–Kier alpha value is -2.60. The number of Topliss-reactive ketones (excluding diaryl/α,β-unsaturated/α-hetero) is 1. The lowest BCUT2D eigenvalue weighted by Crippen LogP contribution is -2.26. The first-order chi connectivity index (χ1) is 11.4. The van der Waals surface area contributed by atoms with Crippen LogP contribution in [0.2, 0.25) is 0 Å². The van der Waals surface area contributed by atoms with E-state index in [9.17, 15) is 14.4 Å². The Labute approximate surface area is 143 Å². The van der Waals surface area contributed by atoms with Gasteiger partial charge in [0.25, 0.3) is 5.91 Å². The minimum atomic E-state index is -0.295. The zero-order chi connectivity index (χ0) is 17.3. The van der Waals surface area contributed by atoms with Crippen LogP contribution in [0.1, 0.15) is 34.6 Å². The fourth-order valence-corrected chi connectivity index (χ4v) is 3.30. The molecule has 2 aromatic carbocycles. The van der Waals surface area contributed by atoms with E-state index >= 15 is 0 Å². The predicted molar refractivity (Wildman–Crippen MR) is 94.8 cm³/mol. The number of hydrogen-bond donors (Lipinski definition) is 2. The Morgan fingerprint density at radius 2 is 1.92 bits per heavy atom. The second-order valence-electron chi connectivity index (χ2n) is 5.55. The predicted octanol–water partition coefficient (Wildman–Crippen LogP) is 3.57. The Kier molecular flexibility index (Phi) is 4.40. The van der Waals surface area contributed by atoms with E-state index in [1.807, 2.05) is 13.0 Å². The highest BCUT2D eigenvalue weighted by molar-refractivity contribution is 8.00. The van der Waals surface area contributed by atoms with Crippen molar-refractivity contribution < 1.29 is 14.4 Å². The molecule has 0 aromatic heterocycles. The first kappa shape index (κ1) is 16.3. The summed E-state index contributed by atoms with van der Waals surface area (Å²) in [7, 11) is 0. The molecule has 5 nitrogen and oxygen atoms in total. The summed E-state index contributed by atoms with van der Waals surface area (Å²) < 4.78 is 0. The fraction of sp³-hybridized carbons (Fsp3) is 0.167. The van der Waals surface area contributed by atoms with Crippen LogP contribution in [0.25, 0.3) is 0 Å². The largest absolute Gasteiger partial charge is 0.324 e. The zero-order valence-corrected chi connectivity index (χ0v) is 14.1. The van der Waals surface area contributed by atoms with E-state index in [1.54, 1.807) is 36.4 Å². The van der Waals surface area contributed by atoms with Crippen molar-refractivity contribution in [2.75, 3.05) is 10.6 Å². The molecule has 0 bridgehead atoms. The number of carbonyl (C=O) groups is 3. The number of fused-ring (bicyclic) bond motifs is 1. The number of hydrogen-bond acceptors (Lipinski definition) is 4. The summed E-state index contributed by atoms with van der Waals surface area (Å²) in [5.74, 6) is -0.427. The molecule has 24 heavy (non-hydrogen) atoms. The van der Waals surface area contributed by atoms with E-state index in [4.69, 9.17) is 0 Å². The molecular weight excluding hydrogens is 324 g/mol. The lowest BCUT2D eigenvalue weighted by atomic mass is 10.1. The van der Waals surface area contributed by atoms with Gasteiger partial charge in [-0.05, 0) is 44.2 Å². The highest BCUT2D eigenvalue weighted by Gasteiger charge is 2.23. The third kappa shape index (κ3) is 3.33. The Bertz CT molecular complexity index is 848. The molecule has 1 heterocycles. The van der Waals surface area contributed by atoms with Crippen molar-refractivity contribution >= 4 is 40.7 Å². The molecular formula is C18H16N2O3S. The molecule has 6 heteroatoms. The van der Waals surface area contributed by atoms with Crippen molar-refractivity contribution in [2.45, 2.75) is 24.0 Å². The SMILES string of the molecule is CC(=O)c1cccc(NC(=O)c2ccc3c(c2)NC(=O)[C@H](C)S3)c1. The van der Waals surface area contributed by atoms with Gasteiger partial charge in [-0.15, -0.1) is 11.8 Å². The van der Waals surface area contributed by atoms with Crippen LogP contribution in [-0.4, -0.2) is 22.8 Å². The number of nitrogens with one attached hydrogen (secondary N) is 2. The third-order valence-electron chi connectivity index (χ3n) is 3.70. The number of anilines is 2. The maximum Gasteiger partial charge on any atom is 0.255 e. The average Bonchev–Trinajstić information content (AvgIpc) is 2.55. The fourth-order valence-electron chi connectivity index (χ4n) is 2.37. The quantitative estimate of drug-likeness (QED) is 0.838. The van der Waals surface area contributed by atoms with Gasteiger partial charge >= 0.3 is 0 Å². The zero-order valence-electron chi connectivity index (χ0n) is 13.3. The summed E-state index contributed by atoms with van der Waals surface area (Å²) in [5.41, 5.74) is 2.18. The standard InChI is InChI=1S/C18H16N2O3S/c1-10(21)12-4-3-5-14(8-12)19-18(23)13-6-7-16-15(9-13)20-17(22)11(2)24-16/h3-9,11H,1-2H3,(H,19,23)(H,20,22)/t11-/m0/s1. The van der Waals surface area contributed by atoms with Gasteiger partial charge in [-0.25, -0.2) is 0 Å². The number of ketones is 1. The summed E-state index contributed by atoms with van der Waals surface area (Å²) in [6.07, 6.45) is 0. The van der Waals surface area contributed by atoms with Gasteiger partial charge in [0.2, 0.25) is 5.91 Å². The molecule has 0 aliphatic carbocycles. The van der Waals surface area contributed by atoms with E-state index in [1.165, 1.54) is 18.7 Å². The number of benzene rings is 2. The van der Waals surface area contributed by atoms with Crippen LogP contribution in [0.5, 0.6) is 0 Å². The lowest BCUT2D eigenvalue weighted by molar-refractivity contribution is -0.115. The van der Waals surface area contributed by atoms with E-state index < -0.39 is 0 Å². The second-order valence-corrected chi connectivity index (χ2v) is 6.93. The maximum absolute atomic E-state index is 12.4. The topological polar surface area (TPSA) is 75.3 Å². The monoisotopic (exact) mass is 340 g/mol. The molecule has 2 aromatic rings. The molecule has 0 saturated carbocycles. The van der Waals surface area contributed by atoms with E-state index in [2.05, 4.69) is 10.6 Å². The van der Waals surface area contributed by atoms with Crippen LogP contribution in [-0.2, 0) is 4.79 Å². The molecule has 2 N–H and O–H groups in total. The van der Waals surface area contributed by atoms with Crippen molar-refractivity contribution in [3.63, 3.8) is 0 Å². The van der Waals surface area contributed by atoms with E-state index in [0.717, 1.165) is 4.90 Å². The Morgan fingerprint density at radius 3 is 2.67 bits per heavy atom. The van der Waals surface area contributed by atoms with Gasteiger partial charge < -0.3 is 10.6 Å². The molecule has 2 amide bonds. The number of amides is 2. The number of rotatable bonds is 3. The second kappa shape index (κ2) is 6.49. The Morgan fingerprint density at radius 1 is 1.12 bits per heavy atom. The van der Waals surface area contributed by atoms with Gasteiger partial charge in [0, 0.05) is 21.7 Å². The molecule has 1 aliphatic heterocycles. The van der Waals surface area contributed by atoms with Gasteiger partial charge in [-0.3, -0.25) is 14.4 Å². The highest BCUT2D eigenvalue weighted by atomic mass is 32.2. The third-order valence-corrected chi connectivity index (χ3v) is 4.88. The maximum atomic E-state index is 12.4. The van der Waals surface area contributed by atoms with Crippen LogP contribution in [0, 0.1) is 0 Å². The molecule has 0 fully saturated rings. The van der Waals surface area contributed by atoms with Crippen LogP contribution < -0.4 is 10.6 Å². The van der Waals surface area contributed by atoms with Crippen LogP contribution >= 0.6 is 11.8 Å². The van der Waals surface area contributed by atoms with Gasteiger partial charge in [0.05, 0.1) is 10.9 Å². The summed E-state index contributed by atoms with van der Waals surface area (Å²) in [6.45, 7) is 3.32. The lowest BCUT2D eigenvalue weighted by Gasteiger charge is -2.21. The smallest absolute Gasteiger partial charge is 0.255 e. The Balaban J connectivity index is 1.81. The molecule has 3 rings (SSSR count). The molecule has 1 atom stereocenters. The minimum Gasteiger partial charge on any atom is -0.324 e. The highest BCUT2D eigenvalue weighted by Crippen LogP contribution is 2.36.